The lowest BCUT2D eigenvalue weighted by Crippen LogP contribution is -2.25. The number of unbranched alkanes of at least 4 members (excludes halogenated alkanes) is 1. The first-order chi connectivity index (χ1) is 8.43. The smallest absolute Gasteiger partial charge is 0.315 e. The maximum absolute atomic E-state index is 12.3. The Bertz CT molecular complexity index is 347. The third kappa shape index (κ3) is 5.08. The zero-order valence-electron chi connectivity index (χ0n) is 10.8. The number of hydrogen-bond donors (Lipinski definition) is 1. The van der Waals surface area contributed by atoms with E-state index in [1.807, 2.05) is 0 Å². The Morgan fingerprint density at radius 2 is 2.11 bits per heavy atom. The summed E-state index contributed by atoms with van der Waals surface area (Å²) in [6.45, 7) is 5.64. The second-order valence-corrected chi connectivity index (χ2v) is 4.42. The van der Waals surface area contributed by atoms with Crippen LogP contribution in [0.15, 0.2) is 12.3 Å². The van der Waals surface area contributed by atoms with Crippen molar-refractivity contribution in [2.45, 2.75) is 51.9 Å². The average molecular weight is 263 g/mol. The molecule has 6 heteroatoms. The minimum Gasteiger partial charge on any atom is -0.315 e. The van der Waals surface area contributed by atoms with Crippen LogP contribution in [0.4, 0.5) is 13.2 Å². The van der Waals surface area contributed by atoms with Crippen LogP contribution in [0, 0.1) is 0 Å². The van der Waals surface area contributed by atoms with E-state index in [1.165, 1.54) is 10.9 Å². The molecule has 1 atom stereocenters. The van der Waals surface area contributed by atoms with Crippen molar-refractivity contribution >= 4 is 0 Å². The minimum atomic E-state index is -4.34. The maximum Gasteiger partial charge on any atom is 0.435 e. The van der Waals surface area contributed by atoms with E-state index in [2.05, 4.69) is 24.3 Å². The molecular weight excluding hydrogens is 243 g/mol. The van der Waals surface area contributed by atoms with E-state index in [4.69, 9.17) is 0 Å². The van der Waals surface area contributed by atoms with Crippen LogP contribution in [0.3, 0.4) is 0 Å². The van der Waals surface area contributed by atoms with Crippen molar-refractivity contribution in [2.75, 3.05) is 6.54 Å². The highest BCUT2D eigenvalue weighted by atomic mass is 19.4. The van der Waals surface area contributed by atoms with Gasteiger partial charge in [0.25, 0.3) is 0 Å². The summed E-state index contributed by atoms with van der Waals surface area (Å²) in [7, 11) is 0. The van der Waals surface area contributed by atoms with Gasteiger partial charge in [0.2, 0.25) is 0 Å². The van der Waals surface area contributed by atoms with Gasteiger partial charge < -0.3 is 5.32 Å². The summed E-state index contributed by atoms with van der Waals surface area (Å²) in [5.41, 5.74) is -0.816. The van der Waals surface area contributed by atoms with Gasteiger partial charge in [0, 0.05) is 18.8 Å². The highest BCUT2D eigenvalue weighted by molar-refractivity contribution is 5.03. The molecule has 1 heterocycles. The molecule has 0 spiro atoms. The second kappa shape index (κ2) is 6.78. The third-order valence-electron chi connectivity index (χ3n) is 2.76. The van der Waals surface area contributed by atoms with Crippen molar-refractivity contribution in [3.8, 4) is 0 Å². The lowest BCUT2D eigenvalue weighted by molar-refractivity contribution is -0.141. The monoisotopic (exact) mass is 263 g/mol. The van der Waals surface area contributed by atoms with Crippen LogP contribution < -0.4 is 5.32 Å². The van der Waals surface area contributed by atoms with Crippen LogP contribution in [0.25, 0.3) is 0 Å². The normalized spacial score (nSPS) is 13.8. The summed E-state index contributed by atoms with van der Waals surface area (Å²) < 4.78 is 38.3. The van der Waals surface area contributed by atoms with Gasteiger partial charge in [0.05, 0.1) is 0 Å². The molecule has 0 amide bonds. The molecular formula is C12H20F3N3. The van der Waals surface area contributed by atoms with Crippen molar-refractivity contribution in [3.05, 3.63) is 18.0 Å². The van der Waals surface area contributed by atoms with Crippen LogP contribution in [0.1, 0.15) is 38.8 Å². The van der Waals surface area contributed by atoms with Crippen molar-refractivity contribution in [2.24, 2.45) is 0 Å². The Morgan fingerprint density at radius 3 is 2.67 bits per heavy atom. The Labute approximate surface area is 105 Å². The molecule has 0 aromatic carbocycles. The van der Waals surface area contributed by atoms with Crippen molar-refractivity contribution in [1.82, 2.24) is 15.1 Å². The van der Waals surface area contributed by atoms with Crippen LogP contribution >= 0.6 is 0 Å². The van der Waals surface area contributed by atoms with Gasteiger partial charge in [-0.3, -0.25) is 4.68 Å². The van der Waals surface area contributed by atoms with E-state index >= 15 is 0 Å². The quantitative estimate of drug-likeness (QED) is 0.766. The molecule has 1 aromatic heterocycles. The van der Waals surface area contributed by atoms with E-state index in [9.17, 15) is 13.2 Å². The molecule has 0 saturated carbocycles. The highest BCUT2D eigenvalue weighted by Crippen LogP contribution is 2.27. The van der Waals surface area contributed by atoms with Gasteiger partial charge in [-0.25, -0.2) is 0 Å². The summed E-state index contributed by atoms with van der Waals surface area (Å²) in [5, 5.41) is 6.81. The molecule has 1 aromatic rings. The topological polar surface area (TPSA) is 29.9 Å². The molecule has 1 N–H and O–H groups in total. The van der Waals surface area contributed by atoms with Gasteiger partial charge in [-0.15, -0.1) is 0 Å². The number of hydrogen-bond acceptors (Lipinski definition) is 2. The van der Waals surface area contributed by atoms with Gasteiger partial charge in [-0.05, 0) is 32.4 Å². The van der Waals surface area contributed by atoms with Gasteiger partial charge in [-0.2, -0.15) is 18.3 Å². The van der Waals surface area contributed by atoms with E-state index < -0.39 is 11.9 Å². The molecule has 0 aliphatic heterocycles. The SMILES string of the molecule is CCNC(C)CCCCn1ccc(C(F)(F)F)n1. The summed E-state index contributed by atoms with van der Waals surface area (Å²) in [6, 6.07) is 1.47. The molecule has 3 nitrogen and oxygen atoms in total. The van der Waals surface area contributed by atoms with Crippen LogP contribution in [-0.2, 0) is 12.7 Å². The van der Waals surface area contributed by atoms with Gasteiger partial charge in [-0.1, -0.05) is 13.3 Å². The molecule has 0 radical (unpaired) electrons. The van der Waals surface area contributed by atoms with E-state index in [1.54, 1.807) is 0 Å². The molecule has 1 rings (SSSR count). The number of nitrogens with zero attached hydrogens (tertiary/aromatic N) is 2. The molecule has 0 bridgehead atoms. The molecule has 104 valence electrons. The maximum atomic E-state index is 12.3. The third-order valence-corrected chi connectivity index (χ3v) is 2.76. The molecule has 18 heavy (non-hydrogen) atoms. The lowest BCUT2D eigenvalue weighted by atomic mass is 10.1. The molecule has 0 saturated heterocycles. The Kier molecular flexibility index (Phi) is 5.65. The van der Waals surface area contributed by atoms with Gasteiger partial charge >= 0.3 is 6.18 Å². The highest BCUT2D eigenvalue weighted by Gasteiger charge is 2.33. The number of aromatic nitrogens is 2. The molecule has 0 fully saturated rings. The fraction of sp³-hybridized carbons (Fsp3) is 0.750. The Balaban J connectivity index is 2.26. The summed E-state index contributed by atoms with van der Waals surface area (Å²) in [6.07, 6.45) is -0.104. The van der Waals surface area contributed by atoms with Crippen molar-refractivity contribution < 1.29 is 13.2 Å². The fourth-order valence-corrected chi connectivity index (χ4v) is 1.81. The number of halogens is 3. The first-order valence-electron chi connectivity index (χ1n) is 6.27. The Hall–Kier alpha value is -1.04. The fourth-order valence-electron chi connectivity index (χ4n) is 1.81. The lowest BCUT2D eigenvalue weighted by Gasteiger charge is -2.11. The predicted octanol–water partition coefficient (Wildman–Crippen LogP) is 3.07. The summed E-state index contributed by atoms with van der Waals surface area (Å²) >= 11 is 0. The van der Waals surface area contributed by atoms with Gasteiger partial charge in [0.1, 0.15) is 0 Å². The zero-order valence-corrected chi connectivity index (χ0v) is 10.8. The van der Waals surface area contributed by atoms with Crippen molar-refractivity contribution in [1.29, 1.82) is 0 Å². The summed E-state index contributed by atoms with van der Waals surface area (Å²) in [4.78, 5) is 0. The van der Waals surface area contributed by atoms with E-state index in [0.717, 1.165) is 31.9 Å². The molecule has 1 unspecified atom stereocenters. The minimum absolute atomic E-state index is 0.457. The van der Waals surface area contributed by atoms with E-state index in [0.29, 0.717) is 12.6 Å². The average Bonchev–Trinajstić information content (AvgIpc) is 2.73. The van der Waals surface area contributed by atoms with Crippen LogP contribution in [0.5, 0.6) is 0 Å². The van der Waals surface area contributed by atoms with Crippen LogP contribution in [-0.4, -0.2) is 22.4 Å². The second-order valence-electron chi connectivity index (χ2n) is 4.42. The van der Waals surface area contributed by atoms with Gasteiger partial charge in [0.15, 0.2) is 5.69 Å². The number of nitrogens with one attached hydrogen (secondary N) is 1. The summed E-state index contributed by atoms with van der Waals surface area (Å²) in [5.74, 6) is 0. The number of alkyl halides is 3. The predicted molar refractivity (Wildman–Crippen MR) is 64.2 cm³/mol. The van der Waals surface area contributed by atoms with Crippen LogP contribution in [0.2, 0.25) is 0 Å². The first kappa shape index (κ1) is 15.0. The zero-order chi connectivity index (χ0) is 13.6. The molecule has 0 aliphatic rings. The number of aryl methyl sites for hydroxylation is 1. The first-order valence-corrected chi connectivity index (χ1v) is 6.27. The van der Waals surface area contributed by atoms with E-state index in [-0.39, 0.29) is 0 Å². The van der Waals surface area contributed by atoms with Crippen molar-refractivity contribution in [3.63, 3.8) is 0 Å². The Morgan fingerprint density at radius 1 is 1.39 bits per heavy atom. The standard InChI is InChI=1S/C12H20F3N3/c1-3-16-10(2)6-4-5-8-18-9-7-11(17-18)12(13,14)15/h7,9-10,16H,3-6,8H2,1-2H3. The number of rotatable bonds is 7. The molecule has 0 aliphatic carbocycles. The largest absolute Gasteiger partial charge is 0.435 e.